The number of hydrogen-bond acceptors (Lipinski definition) is 9. The predicted molar refractivity (Wildman–Crippen MR) is 148 cm³/mol. The molecule has 0 radical (unpaired) electrons. The maximum atomic E-state index is 15.6. The highest BCUT2D eigenvalue weighted by Gasteiger charge is 2.56. The average Bonchev–Trinajstić information content (AvgIpc) is 3.10. The molecule has 0 spiro atoms. The molecule has 1 aromatic carbocycles. The fraction of sp³-hybridized carbons (Fsp3) is 0.577. The first-order valence-corrected chi connectivity index (χ1v) is 15.6. The van der Waals surface area contributed by atoms with Crippen molar-refractivity contribution in [1.82, 2.24) is 14.6 Å². The monoisotopic (exact) mass is 599 g/mol. The zero-order chi connectivity index (χ0) is 29.2. The van der Waals surface area contributed by atoms with Crippen molar-refractivity contribution in [2.45, 2.75) is 88.8 Å². The Hall–Kier alpha value is -2.28. The molecule has 1 aliphatic heterocycles. The lowest BCUT2D eigenvalue weighted by Crippen LogP contribution is -2.43. The van der Waals surface area contributed by atoms with Gasteiger partial charge in [-0.3, -0.25) is 23.7 Å². The molecule has 11 nitrogen and oxygen atoms in total. The smallest absolute Gasteiger partial charge is 0.413 e. The lowest BCUT2D eigenvalue weighted by Gasteiger charge is -2.26. The predicted octanol–water partition coefficient (Wildman–Crippen LogP) is 3.25. The number of thioether (sulfide) groups is 1. The van der Waals surface area contributed by atoms with Crippen LogP contribution in [0.25, 0.3) is 0 Å². The second-order valence-electron chi connectivity index (χ2n) is 10.5. The number of nitrogens with zero attached hydrogens (tertiary/aromatic N) is 1. The number of benzene rings is 1. The van der Waals surface area contributed by atoms with Gasteiger partial charge in [0.15, 0.2) is 11.9 Å². The zero-order valence-corrected chi connectivity index (χ0v) is 24.5. The Balaban J connectivity index is 1.55. The normalized spacial score (nSPS) is 26.7. The summed E-state index contributed by atoms with van der Waals surface area (Å²) in [6.07, 6.45) is 0.224. The Kier molecular flexibility index (Phi) is 9.43. The number of nitrogens with one attached hydrogen (secondary N) is 2. The van der Waals surface area contributed by atoms with Crippen LogP contribution in [0.5, 0.6) is 5.75 Å². The average molecular weight is 600 g/mol. The third-order valence-corrected chi connectivity index (χ3v) is 9.53. The highest BCUT2D eigenvalue weighted by molar-refractivity contribution is 8.14. The molecule has 1 aromatic heterocycles. The summed E-state index contributed by atoms with van der Waals surface area (Å²) < 4.78 is 47.5. The van der Waals surface area contributed by atoms with Crippen LogP contribution in [0.1, 0.15) is 57.9 Å². The van der Waals surface area contributed by atoms with Crippen LogP contribution in [0, 0.1) is 0 Å². The van der Waals surface area contributed by atoms with E-state index in [0.717, 1.165) is 66.8 Å². The minimum Gasteiger partial charge on any atom is -0.413 e. The molecule has 2 aliphatic rings. The minimum absolute atomic E-state index is 0.00357. The van der Waals surface area contributed by atoms with E-state index in [0.29, 0.717) is 0 Å². The molecule has 4 rings (SSSR count). The Morgan fingerprint density at radius 1 is 1.27 bits per heavy atom. The Morgan fingerprint density at radius 2 is 1.98 bits per heavy atom. The summed E-state index contributed by atoms with van der Waals surface area (Å²) in [5.74, 6) is 0.272. The van der Waals surface area contributed by atoms with Crippen LogP contribution >= 0.6 is 19.5 Å². The van der Waals surface area contributed by atoms with Gasteiger partial charge in [0, 0.05) is 17.5 Å². The van der Waals surface area contributed by atoms with Gasteiger partial charge in [0.05, 0.1) is 12.6 Å². The molecule has 1 fully saturated rings. The number of aryl methyl sites for hydroxylation is 2. The summed E-state index contributed by atoms with van der Waals surface area (Å²) in [5, 5.41) is 13.1. The van der Waals surface area contributed by atoms with Crippen molar-refractivity contribution in [2.24, 2.45) is 0 Å². The number of aromatic amines is 1. The number of alkyl halides is 1. The summed E-state index contributed by atoms with van der Waals surface area (Å²) in [6, 6.07) is 5.47. The molecule has 14 heteroatoms. The third-order valence-electron chi connectivity index (χ3n) is 6.83. The molecule has 220 valence electrons. The number of aromatic nitrogens is 2. The van der Waals surface area contributed by atoms with Crippen molar-refractivity contribution < 1.29 is 32.6 Å². The van der Waals surface area contributed by atoms with Gasteiger partial charge >= 0.3 is 13.4 Å². The van der Waals surface area contributed by atoms with Crippen LogP contribution in [0.2, 0.25) is 0 Å². The van der Waals surface area contributed by atoms with Gasteiger partial charge in [-0.15, -0.1) is 0 Å². The van der Waals surface area contributed by atoms with Gasteiger partial charge in [-0.25, -0.2) is 18.8 Å². The number of fused-ring (bicyclic) bond motifs is 1. The Bertz CT molecular complexity index is 1400. The first kappa shape index (κ1) is 30.7. The van der Waals surface area contributed by atoms with E-state index in [9.17, 15) is 24.1 Å². The van der Waals surface area contributed by atoms with Crippen molar-refractivity contribution in [3.8, 4) is 5.75 Å². The van der Waals surface area contributed by atoms with E-state index in [4.69, 9.17) is 13.8 Å². The quantitative estimate of drug-likeness (QED) is 0.348. The number of aliphatic hydroxyl groups excluding tert-OH is 1. The van der Waals surface area contributed by atoms with Gasteiger partial charge in [0.1, 0.15) is 18.0 Å². The summed E-state index contributed by atoms with van der Waals surface area (Å²) in [7, 11) is -4.27. The van der Waals surface area contributed by atoms with Crippen LogP contribution in [-0.4, -0.2) is 55.5 Å². The number of carbonyl (C=O) groups excluding carboxylic acids is 1. The fourth-order valence-corrected chi connectivity index (χ4v) is 7.07. The van der Waals surface area contributed by atoms with Crippen LogP contribution in [0.4, 0.5) is 4.39 Å². The number of hydrogen-bond donors (Lipinski definition) is 3. The van der Waals surface area contributed by atoms with Gasteiger partial charge in [-0.2, -0.15) is 0 Å². The third kappa shape index (κ3) is 6.95. The zero-order valence-electron chi connectivity index (χ0n) is 22.8. The maximum Gasteiger partial charge on any atom is 0.459 e. The Morgan fingerprint density at radius 3 is 2.65 bits per heavy atom. The number of ether oxygens (including phenoxy) is 1. The van der Waals surface area contributed by atoms with Crippen LogP contribution in [0.3, 0.4) is 0 Å². The van der Waals surface area contributed by atoms with Gasteiger partial charge in [-0.05, 0) is 62.8 Å². The molecule has 3 N–H and O–H groups in total. The second-order valence-corrected chi connectivity index (χ2v) is 13.8. The summed E-state index contributed by atoms with van der Waals surface area (Å²) in [4.78, 5) is 38.3. The molecule has 1 saturated heterocycles. The molecule has 1 unspecified atom stereocenters. The lowest BCUT2D eigenvalue weighted by molar-refractivity contribution is -0.112. The molecule has 0 bridgehead atoms. The van der Waals surface area contributed by atoms with Crippen molar-refractivity contribution in [3.63, 3.8) is 0 Å². The van der Waals surface area contributed by atoms with E-state index in [1.807, 2.05) is 24.9 Å². The molecular formula is C26H35FN3O8PS. The van der Waals surface area contributed by atoms with Gasteiger partial charge in [-0.1, -0.05) is 31.7 Å². The van der Waals surface area contributed by atoms with Crippen molar-refractivity contribution >= 4 is 24.6 Å². The highest BCUT2D eigenvalue weighted by Crippen LogP contribution is 2.48. The van der Waals surface area contributed by atoms with E-state index in [1.165, 1.54) is 12.5 Å². The molecule has 0 amide bonds. The minimum atomic E-state index is -4.27. The van der Waals surface area contributed by atoms with Crippen LogP contribution in [-0.2, 0) is 31.5 Å². The van der Waals surface area contributed by atoms with Gasteiger partial charge < -0.3 is 14.4 Å². The lowest BCUT2D eigenvalue weighted by atomic mass is 9.92. The topological polar surface area (TPSA) is 149 Å². The first-order valence-electron chi connectivity index (χ1n) is 13.2. The number of carbonyl (C=O) groups is 1. The van der Waals surface area contributed by atoms with Crippen LogP contribution in [0.15, 0.2) is 40.1 Å². The van der Waals surface area contributed by atoms with E-state index in [-0.39, 0.29) is 16.1 Å². The fourth-order valence-electron chi connectivity index (χ4n) is 4.75. The number of halogens is 1. The molecule has 2 heterocycles. The largest absolute Gasteiger partial charge is 0.459 e. The van der Waals surface area contributed by atoms with Gasteiger partial charge in [0.2, 0.25) is 5.12 Å². The highest BCUT2D eigenvalue weighted by atomic mass is 32.2. The molecule has 1 aliphatic carbocycles. The number of aliphatic hydroxyl groups is 1. The first-order chi connectivity index (χ1) is 18.8. The second kappa shape index (κ2) is 12.3. The Labute approximate surface area is 235 Å². The van der Waals surface area contributed by atoms with Gasteiger partial charge in [0.25, 0.3) is 5.56 Å². The molecule has 0 saturated carbocycles. The number of rotatable bonds is 10. The van der Waals surface area contributed by atoms with E-state index in [2.05, 4.69) is 5.09 Å². The van der Waals surface area contributed by atoms with Crippen molar-refractivity contribution in [2.75, 3.05) is 6.61 Å². The summed E-state index contributed by atoms with van der Waals surface area (Å²) in [6.45, 7) is 5.69. The molecule has 6 atom stereocenters. The standard InChI is InChI=1S/C26H35FN3O8PS/c1-15(2)40-23(33)16(3)29-39(35,38-19-10-9-17-7-5-6-8-18(17)13-19)36-14-20-22(32)26(4,27)24(37-20)30-12-11-21(31)28-25(30)34/h9-13,15-16,20,22,24,32H,5-8,14H2,1-4H3,(H,29,35)(H,28,31,34)/t16-,20+,22+,24+,26+,39?/m0/s1. The molecular weight excluding hydrogens is 564 g/mol. The van der Waals surface area contributed by atoms with E-state index < -0.39 is 55.7 Å². The SMILES string of the molecule is CC(C)SC(=O)[C@H](C)NP(=O)(OC[C@H]1O[C@@H](n2ccc(=O)[nH]c2=O)[C@](C)(F)[C@@H]1O)Oc1ccc2c(c1)CCCC2. The maximum absolute atomic E-state index is 15.6. The number of H-pyrrole nitrogens is 1. The van der Waals surface area contributed by atoms with Crippen molar-refractivity contribution in [3.05, 3.63) is 62.4 Å². The van der Waals surface area contributed by atoms with E-state index >= 15 is 4.39 Å². The molecule has 2 aromatic rings. The van der Waals surface area contributed by atoms with Crippen LogP contribution < -0.4 is 20.9 Å². The van der Waals surface area contributed by atoms with E-state index in [1.54, 1.807) is 12.1 Å². The van der Waals surface area contributed by atoms with Crippen molar-refractivity contribution in [1.29, 1.82) is 0 Å². The summed E-state index contributed by atoms with van der Waals surface area (Å²) in [5.41, 5.74) is -1.80. The summed E-state index contributed by atoms with van der Waals surface area (Å²) >= 11 is 1.07. The molecule has 40 heavy (non-hydrogen) atoms.